The first-order valence-electron chi connectivity index (χ1n) is 14.0. The van der Waals surface area contributed by atoms with Crippen molar-refractivity contribution in [2.75, 3.05) is 23.0 Å². The highest BCUT2D eigenvalue weighted by molar-refractivity contribution is 8.01. The molecule has 2 atom stereocenters. The van der Waals surface area contributed by atoms with Gasteiger partial charge in [0.15, 0.2) is 10.8 Å². The molecule has 2 amide bonds. The van der Waals surface area contributed by atoms with Crippen LogP contribution in [0.2, 0.25) is 0 Å². The van der Waals surface area contributed by atoms with Crippen molar-refractivity contribution < 1.29 is 38.8 Å². The van der Waals surface area contributed by atoms with Gasteiger partial charge in [-0.2, -0.15) is 0 Å². The average Bonchev–Trinajstić information content (AvgIpc) is 3.46. The molecule has 3 aromatic rings. The van der Waals surface area contributed by atoms with Gasteiger partial charge in [0.2, 0.25) is 11.4 Å². The summed E-state index contributed by atoms with van der Waals surface area (Å²) in [4.78, 5) is 65.4. The van der Waals surface area contributed by atoms with Crippen LogP contribution in [0, 0.1) is 0 Å². The molecule has 0 bridgehead atoms. The Bertz CT molecular complexity index is 1810. The van der Waals surface area contributed by atoms with Gasteiger partial charge in [0, 0.05) is 23.3 Å². The van der Waals surface area contributed by atoms with E-state index in [1.54, 1.807) is 0 Å². The number of hydrogen-bond donors (Lipinski definition) is 5. The second-order valence-corrected chi connectivity index (χ2v) is 14.0. The Hall–Kier alpha value is -4.68. The van der Waals surface area contributed by atoms with Crippen molar-refractivity contribution in [3.8, 4) is 0 Å². The number of amides is 2. The Morgan fingerprint density at radius 3 is 2.57 bits per heavy atom. The largest absolute Gasteiger partial charge is 0.478 e. The maximum Gasteiger partial charge on any atom is 0.361 e. The highest BCUT2D eigenvalue weighted by atomic mass is 32.2. The van der Waals surface area contributed by atoms with Gasteiger partial charge in [0.25, 0.3) is 11.8 Å². The van der Waals surface area contributed by atoms with Crippen LogP contribution in [0.5, 0.6) is 0 Å². The number of oxime groups is 1. The zero-order valence-corrected chi connectivity index (χ0v) is 27.8. The van der Waals surface area contributed by atoms with Crippen molar-refractivity contribution in [1.82, 2.24) is 20.2 Å². The molecule has 246 valence electrons. The van der Waals surface area contributed by atoms with E-state index in [0.29, 0.717) is 23.0 Å². The van der Waals surface area contributed by atoms with Crippen molar-refractivity contribution in [3.05, 3.63) is 70.0 Å². The van der Waals surface area contributed by atoms with Gasteiger partial charge in [-0.25, -0.2) is 19.1 Å². The number of aryl methyl sites for hydroxylation is 1. The van der Waals surface area contributed by atoms with Crippen LogP contribution in [0.15, 0.2) is 63.5 Å². The van der Waals surface area contributed by atoms with Crippen LogP contribution in [0.25, 0.3) is 0 Å². The SMILES string of the molecule is C[n+]1cc(Cc2ccccc2)c(N)nc1SCC1=C(C(=O)O)N2C(=O)[C@@H](NC(=O)/C(=N/OC(C)(C)C(=O)O)c3csc(N)n3)[C@H]2SC1. The standard InChI is InChI=1S/C29H30N8O7S3/c1-29(2,26(42)43)44-35-18(17-13-46-27(31)32-17)22(38)33-19-23(39)37-20(25(40)41)16(11-45-24(19)37)12-47-28-34-21(30)15(10-36(28)3)9-14-7-5-4-6-8-14/h4-8,10,13,19,24,30H,9,11-12H2,1-3H3,(H5,31,32,33,38,40,41,42,43)/p+1/b35-18+/t19-,24-/m1/s1. The van der Waals surface area contributed by atoms with Gasteiger partial charge < -0.3 is 31.8 Å². The molecule has 4 heterocycles. The fraction of sp³-hybridized carbons (Fsp3) is 0.310. The Balaban J connectivity index is 1.30. The fourth-order valence-electron chi connectivity index (χ4n) is 4.65. The summed E-state index contributed by atoms with van der Waals surface area (Å²) in [5.74, 6) is -3.21. The lowest BCUT2D eigenvalue weighted by molar-refractivity contribution is -0.713. The molecule has 15 nitrogen and oxygen atoms in total. The van der Waals surface area contributed by atoms with E-state index in [1.807, 2.05) is 48.1 Å². The number of carbonyl (C=O) groups excluding carboxylic acids is 2. The van der Waals surface area contributed by atoms with Crippen LogP contribution in [0.1, 0.15) is 30.7 Å². The number of hydrogen-bond acceptors (Lipinski definition) is 13. The van der Waals surface area contributed by atoms with Crippen LogP contribution in [-0.2, 0) is 37.5 Å². The Morgan fingerprint density at radius 1 is 1.21 bits per heavy atom. The summed E-state index contributed by atoms with van der Waals surface area (Å²) in [6.45, 7) is 2.49. The van der Waals surface area contributed by atoms with Crippen molar-refractivity contribution in [2.45, 2.75) is 42.4 Å². The quantitative estimate of drug-likeness (QED) is 0.0448. The van der Waals surface area contributed by atoms with Gasteiger partial charge >= 0.3 is 17.1 Å². The van der Waals surface area contributed by atoms with E-state index in [-0.39, 0.29) is 33.7 Å². The lowest BCUT2D eigenvalue weighted by Crippen LogP contribution is -2.71. The summed E-state index contributed by atoms with van der Waals surface area (Å²) in [5, 5.41) is 27.2. The summed E-state index contributed by atoms with van der Waals surface area (Å²) in [7, 11) is 1.83. The molecular formula is C29H31N8O7S3+. The molecule has 0 aliphatic carbocycles. The molecule has 0 saturated carbocycles. The minimum Gasteiger partial charge on any atom is -0.478 e. The zero-order valence-electron chi connectivity index (χ0n) is 25.4. The van der Waals surface area contributed by atoms with Crippen molar-refractivity contribution in [3.63, 3.8) is 0 Å². The summed E-state index contributed by atoms with van der Waals surface area (Å²) in [5.41, 5.74) is 12.1. The van der Waals surface area contributed by atoms with E-state index >= 15 is 0 Å². The number of nitrogens with zero attached hydrogens (tertiary/aromatic N) is 5. The van der Waals surface area contributed by atoms with Gasteiger partial charge in [-0.1, -0.05) is 35.5 Å². The molecule has 0 radical (unpaired) electrons. The monoisotopic (exact) mass is 699 g/mol. The Kier molecular flexibility index (Phi) is 9.73. The van der Waals surface area contributed by atoms with Crippen molar-refractivity contribution >= 4 is 75.3 Å². The summed E-state index contributed by atoms with van der Waals surface area (Å²) >= 11 is 3.62. The molecule has 1 aromatic carbocycles. The lowest BCUT2D eigenvalue weighted by atomic mass is 10.0. The molecule has 2 aromatic heterocycles. The first kappa shape index (κ1) is 33.7. The predicted octanol–water partition coefficient (Wildman–Crippen LogP) is 1.23. The highest BCUT2D eigenvalue weighted by Gasteiger charge is 2.54. The number of nitrogens with one attached hydrogen (secondary N) is 1. The number of benzene rings is 1. The Morgan fingerprint density at radius 2 is 1.94 bits per heavy atom. The van der Waals surface area contributed by atoms with Gasteiger partial charge in [-0.05, 0) is 41.7 Å². The summed E-state index contributed by atoms with van der Waals surface area (Å²) in [6, 6.07) is 8.77. The molecule has 1 fully saturated rings. The van der Waals surface area contributed by atoms with Crippen LogP contribution >= 0.6 is 34.9 Å². The maximum atomic E-state index is 13.3. The first-order chi connectivity index (χ1) is 22.3. The lowest BCUT2D eigenvalue weighted by Gasteiger charge is -2.49. The minimum atomic E-state index is -1.77. The molecule has 7 N–H and O–H groups in total. The third-order valence-corrected chi connectivity index (χ3v) is 10.3. The number of fused-ring (bicyclic) bond motifs is 1. The number of β-lactam (4-membered cyclic amide) rings is 1. The van der Waals surface area contributed by atoms with Gasteiger partial charge in [0.1, 0.15) is 29.0 Å². The number of aromatic nitrogens is 3. The average molecular weight is 700 g/mol. The molecule has 2 aliphatic heterocycles. The third kappa shape index (κ3) is 7.18. The predicted molar refractivity (Wildman–Crippen MR) is 175 cm³/mol. The summed E-state index contributed by atoms with van der Waals surface area (Å²) in [6.07, 6.45) is 2.51. The van der Waals surface area contributed by atoms with Crippen molar-refractivity contribution in [2.24, 2.45) is 12.2 Å². The number of carboxylic acids is 2. The smallest absolute Gasteiger partial charge is 0.361 e. The van der Waals surface area contributed by atoms with Crippen LogP contribution in [-0.4, -0.2) is 83.1 Å². The molecule has 2 aliphatic rings. The van der Waals surface area contributed by atoms with E-state index in [4.69, 9.17) is 16.3 Å². The normalized spacial score (nSPS) is 18.0. The minimum absolute atomic E-state index is 0.0204. The number of carboxylic acid groups (broad SMARTS) is 2. The van der Waals surface area contributed by atoms with Gasteiger partial charge in [-0.15, -0.1) is 23.1 Å². The molecule has 1 saturated heterocycles. The highest BCUT2D eigenvalue weighted by Crippen LogP contribution is 2.41. The van der Waals surface area contributed by atoms with Crippen LogP contribution in [0.3, 0.4) is 0 Å². The molecular weight excluding hydrogens is 669 g/mol. The topological polar surface area (TPSA) is 227 Å². The van der Waals surface area contributed by atoms with Crippen LogP contribution < -0.4 is 21.4 Å². The van der Waals surface area contributed by atoms with Gasteiger partial charge in [-0.3, -0.25) is 14.5 Å². The molecule has 47 heavy (non-hydrogen) atoms. The number of aliphatic carboxylic acids is 2. The molecule has 5 rings (SSSR count). The van der Waals surface area contributed by atoms with E-state index in [9.17, 15) is 29.4 Å². The molecule has 0 spiro atoms. The number of carbonyl (C=O) groups is 4. The van der Waals surface area contributed by atoms with Crippen LogP contribution in [0.4, 0.5) is 10.9 Å². The van der Waals surface area contributed by atoms with E-state index in [1.165, 1.54) is 42.8 Å². The summed E-state index contributed by atoms with van der Waals surface area (Å²) < 4.78 is 1.83. The third-order valence-electron chi connectivity index (χ3n) is 7.21. The maximum absolute atomic E-state index is 13.3. The second-order valence-electron chi connectivity index (χ2n) is 11.0. The second kappa shape index (κ2) is 13.6. The first-order valence-corrected chi connectivity index (χ1v) is 16.9. The van der Waals surface area contributed by atoms with Crippen molar-refractivity contribution in [1.29, 1.82) is 0 Å². The molecule has 0 unspecified atom stereocenters. The van der Waals surface area contributed by atoms with Gasteiger partial charge in [0.05, 0.1) is 12.6 Å². The number of nitrogen functional groups attached to an aromatic ring is 2. The number of thiazole rings is 1. The van der Waals surface area contributed by atoms with E-state index in [2.05, 4.69) is 20.4 Å². The number of rotatable bonds is 12. The molecule has 18 heteroatoms. The number of thioether (sulfide) groups is 2. The Labute approximate surface area is 281 Å². The zero-order chi connectivity index (χ0) is 34.0. The number of anilines is 2. The number of nitrogens with two attached hydrogens (primary N) is 2. The van der Waals surface area contributed by atoms with E-state index in [0.717, 1.165) is 27.4 Å². The fourth-order valence-corrected chi connectivity index (χ4v) is 7.63. The van der Waals surface area contributed by atoms with E-state index < -0.39 is 40.8 Å².